The highest BCUT2D eigenvalue weighted by Crippen LogP contribution is 2.33. The first kappa shape index (κ1) is 12.4. The van der Waals surface area contributed by atoms with Crippen LogP contribution in [0.5, 0.6) is 0 Å². The smallest absolute Gasteiger partial charge is 0.294 e. The van der Waals surface area contributed by atoms with Gasteiger partial charge in [0.15, 0.2) is 11.5 Å². The van der Waals surface area contributed by atoms with Crippen LogP contribution in [0.3, 0.4) is 0 Å². The van der Waals surface area contributed by atoms with Gasteiger partial charge in [0.1, 0.15) is 16.7 Å². The number of fused-ring (bicyclic) bond motifs is 4. The lowest BCUT2D eigenvalue weighted by molar-refractivity contribution is 0.483. The number of rotatable bonds is 1. The number of nitrogens with zero attached hydrogens (tertiary/aromatic N) is 1. The highest BCUT2D eigenvalue weighted by Gasteiger charge is 2.15. The van der Waals surface area contributed by atoms with Gasteiger partial charge in [0.25, 0.3) is 10.1 Å². The molecule has 0 radical (unpaired) electrons. The van der Waals surface area contributed by atoms with Crippen molar-refractivity contribution in [2.45, 2.75) is 11.8 Å². The standard InChI is InChI=1S/C14H9NO5S/c1-7-15-11-5-10-9-4-8(21(16,17)18)2-3-12(9)20-13(10)6-14(11)19-7/h2-6H,1H3,(H,16,17,18). The van der Waals surface area contributed by atoms with Crippen LogP contribution in [0.4, 0.5) is 0 Å². The van der Waals surface area contributed by atoms with Crippen molar-refractivity contribution in [3.05, 3.63) is 36.2 Å². The normalized spacial score (nSPS) is 12.7. The molecule has 0 fully saturated rings. The second-order valence-corrected chi connectivity index (χ2v) is 6.21. The van der Waals surface area contributed by atoms with Crippen LogP contribution >= 0.6 is 0 Å². The third kappa shape index (κ3) is 1.82. The SMILES string of the molecule is Cc1nc2cc3c(cc2o1)oc1ccc(S(=O)(=O)O)cc13. The Bertz CT molecular complexity index is 1120. The van der Waals surface area contributed by atoms with Crippen LogP contribution in [0, 0.1) is 6.92 Å². The van der Waals surface area contributed by atoms with E-state index in [1.165, 1.54) is 18.2 Å². The van der Waals surface area contributed by atoms with Gasteiger partial charge in [-0.2, -0.15) is 8.42 Å². The molecule has 2 aromatic heterocycles. The van der Waals surface area contributed by atoms with Crippen LogP contribution in [-0.2, 0) is 10.1 Å². The number of aromatic nitrogens is 1. The summed E-state index contributed by atoms with van der Waals surface area (Å²) in [5.74, 6) is 0.542. The first-order valence-corrected chi connectivity index (χ1v) is 7.57. The van der Waals surface area contributed by atoms with Crippen molar-refractivity contribution in [2.75, 3.05) is 0 Å². The summed E-state index contributed by atoms with van der Waals surface area (Å²) < 4.78 is 42.8. The van der Waals surface area contributed by atoms with E-state index in [0.717, 1.165) is 5.39 Å². The fraction of sp³-hybridized carbons (Fsp3) is 0.0714. The Labute approximate surface area is 118 Å². The Balaban J connectivity index is 2.14. The number of aryl methyl sites for hydroxylation is 1. The minimum absolute atomic E-state index is 0.172. The number of benzene rings is 2. The zero-order chi connectivity index (χ0) is 14.8. The van der Waals surface area contributed by atoms with Crippen LogP contribution in [0.15, 0.2) is 44.1 Å². The summed E-state index contributed by atoms with van der Waals surface area (Å²) in [7, 11) is -4.26. The fourth-order valence-corrected chi connectivity index (χ4v) is 2.96. The molecule has 0 aliphatic rings. The zero-order valence-corrected chi connectivity index (χ0v) is 11.6. The Kier molecular flexibility index (Phi) is 2.26. The molecule has 0 amide bonds. The van der Waals surface area contributed by atoms with Gasteiger partial charge in [-0.05, 0) is 24.3 Å². The lowest BCUT2D eigenvalue weighted by Gasteiger charge is -1.96. The van der Waals surface area contributed by atoms with Gasteiger partial charge in [-0.3, -0.25) is 4.55 Å². The molecule has 0 unspecified atom stereocenters. The molecule has 0 aliphatic carbocycles. The first-order valence-electron chi connectivity index (χ1n) is 6.13. The molecule has 1 N–H and O–H groups in total. The van der Waals surface area contributed by atoms with Gasteiger partial charge >= 0.3 is 0 Å². The maximum atomic E-state index is 11.2. The Hall–Kier alpha value is -2.38. The average Bonchev–Trinajstić information content (AvgIpc) is 2.92. The Morgan fingerprint density at radius 2 is 1.76 bits per heavy atom. The topological polar surface area (TPSA) is 93.5 Å². The van der Waals surface area contributed by atoms with Crippen LogP contribution in [0.25, 0.3) is 33.0 Å². The van der Waals surface area contributed by atoms with Crippen LogP contribution in [0.2, 0.25) is 0 Å². The largest absolute Gasteiger partial charge is 0.456 e. The summed E-state index contributed by atoms with van der Waals surface area (Å²) >= 11 is 0. The van der Waals surface area contributed by atoms with Gasteiger partial charge in [0.05, 0.1) is 4.90 Å². The predicted octanol–water partition coefficient (Wildman–Crippen LogP) is 3.28. The molecule has 0 atom stereocenters. The van der Waals surface area contributed by atoms with Gasteiger partial charge < -0.3 is 8.83 Å². The monoisotopic (exact) mass is 303 g/mol. The minimum Gasteiger partial charge on any atom is -0.456 e. The zero-order valence-electron chi connectivity index (χ0n) is 10.8. The summed E-state index contributed by atoms with van der Waals surface area (Å²) in [4.78, 5) is 4.07. The van der Waals surface area contributed by atoms with Crippen molar-refractivity contribution < 1.29 is 21.8 Å². The third-order valence-electron chi connectivity index (χ3n) is 3.36. The molecule has 2 aromatic carbocycles. The van der Waals surface area contributed by atoms with Crippen LogP contribution in [0.1, 0.15) is 5.89 Å². The highest BCUT2D eigenvalue weighted by molar-refractivity contribution is 7.85. The van der Waals surface area contributed by atoms with E-state index in [9.17, 15) is 8.42 Å². The fourth-order valence-electron chi connectivity index (χ4n) is 2.45. The highest BCUT2D eigenvalue weighted by atomic mass is 32.2. The first-order chi connectivity index (χ1) is 9.91. The van der Waals surface area contributed by atoms with Crippen molar-refractivity contribution >= 4 is 43.2 Å². The second-order valence-electron chi connectivity index (χ2n) is 4.78. The molecule has 21 heavy (non-hydrogen) atoms. The van der Waals surface area contributed by atoms with E-state index >= 15 is 0 Å². The van der Waals surface area contributed by atoms with E-state index in [-0.39, 0.29) is 4.90 Å². The van der Waals surface area contributed by atoms with Crippen molar-refractivity contribution in [1.29, 1.82) is 0 Å². The van der Waals surface area contributed by atoms with E-state index in [1.54, 1.807) is 19.1 Å². The van der Waals surface area contributed by atoms with E-state index < -0.39 is 10.1 Å². The van der Waals surface area contributed by atoms with Gasteiger partial charge in [-0.25, -0.2) is 4.98 Å². The Morgan fingerprint density at radius 3 is 2.52 bits per heavy atom. The van der Waals surface area contributed by atoms with E-state index in [2.05, 4.69) is 4.98 Å². The minimum atomic E-state index is -4.26. The van der Waals surface area contributed by atoms with Gasteiger partial charge in [0, 0.05) is 23.8 Å². The van der Waals surface area contributed by atoms with Crippen LogP contribution in [-0.4, -0.2) is 18.0 Å². The predicted molar refractivity (Wildman–Crippen MR) is 75.8 cm³/mol. The van der Waals surface area contributed by atoms with Gasteiger partial charge in [-0.15, -0.1) is 0 Å². The summed E-state index contributed by atoms with van der Waals surface area (Å²) in [5, 5.41) is 1.32. The molecule has 4 rings (SSSR count). The van der Waals surface area contributed by atoms with Gasteiger partial charge in [0.2, 0.25) is 0 Å². The molecule has 0 spiro atoms. The number of hydrogen-bond donors (Lipinski definition) is 1. The van der Waals surface area contributed by atoms with Crippen molar-refractivity contribution in [3.63, 3.8) is 0 Å². The second kappa shape index (κ2) is 3.84. The average molecular weight is 303 g/mol. The molecule has 0 aliphatic heterocycles. The molecule has 0 saturated heterocycles. The quantitative estimate of drug-likeness (QED) is 0.542. The van der Waals surface area contributed by atoms with Crippen LogP contribution < -0.4 is 0 Å². The summed E-state index contributed by atoms with van der Waals surface area (Å²) in [6, 6.07) is 7.69. The molecule has 0 bridgehead atoms. The maximum Gasteiger partial charge on any atom is 0.294 e. The third-order valence-corrected chi connectivity index (χ3v) is 4.21. The lowest BCUT2D eigenvalue weighted by Crippen LogP contribution is -1.96. The molecule has 4 aromatic rings. The lowest BCUT2D eigenvalue weighted by atomic mass is 10.1. The molecular formula is C14H9NO5S. The molecule has 6 nitrogen and oxygen atoms in total. The summed E-state index contributed by atoms with van der Waals surface area (Å²) in [5.41, 5.74) is 2.37. The van der Waals surface area contributed by atoms with E-state index in [4.69, 9.17) is 13.4 Å². The number of oxazole rings is 1. The number of furan rings is 1. The van der Waals surface area contributed by atoms with E-state index in [0.29, 0.717) is 33.5 Å². The van der Waals surface area contributed by atoms with Crippen molar-refractivity contribution in [2.24, 2.45) is 0 Å². The molecule has 0 saturated carbocycles. The van der Waals surface area contributed by atoms with Gasteiger partial charge in [-0.1, -0.05) is 0 Å². The van der Waals surface area contributed by atoms with E-state index in [1.807, 2.05) is 0 Å². The summed E-state index contributed by atoms with van der Waals surface area (Å²) in [6.07, 6.45) is 0. The molecular weight excluding hydrogens is 294 g/mol. The number of hydrogen-bond acceptors (Lipinski definition) is 5. The van der Waals surface area contributed by atoms with Crippen molar-refractivity contribution in [3.8, 4) is 0 Å². The maximum absolute atomic E-state index is 11.2. The summed E-state index contributed by atoms with van der Waals surface area (Å²) in [6.45, 7) is 1.75. The Morgan fingerprint density at radius 1 is 1.00 bits per heavy atom. The van der Waals surface area contributed by atoms with Crippen molar-refractivity contribution in [1.82, 2.24) is 4.98 Å². The molecule has 106 valence electrons. The molecule has 2 heterocycles. The molecule has 7 heteroatoms.